The van der Waals surface area contributed by atoms with Crippen LogP contribution in [0.1, 0.15) is 37.5 Å². The van der Waals surface area contributed by atoms with E-state index >= 15 is 0 Å². The molecule has 0 saturated carbocycles. The van der Waals surface area contributed by atoms with Crippen LogP contribution in [0.2, 0.25) is 0 Å². The van der Waals surface area contributed by atoms with Gasteiger partial charge < -0.3 is 10.1 Å². The van der Waals surface area contributed by atoms with Gasteiger partial charge in [-0.25, -0.2) is 13.2 Å². The Kier molecular flexibility index (Phi) is 4.26. The van der Waals surface area contributed by atoms with E-state index in [1.54, 1.807) is 18.2 Å². The van der Waals surface area contributed by atoms with Gasteiger partial charge >= 0.3 is 0 Å². The van der Waals surface area contributed by atoms with E-state index in [1.165, 1.54) is 18.2 Å². The third kappa shape index (κ3) is 3.30. The molecule has 2 aliphatic rings. The Labute approximate surface area is 178 Å². The Morgan fingerprint density at radius 2 is 1.71 bits per heavy atom. The van der Waals surface area contributed by atoms with E-state index in [9.17, 15) is 13.2 Å². The number of nitrogens with one attached hydrogen (secondary N) is 1. The lowest BCUT2D eigenvalue weighted by atomic mass is 9.83. The maximum Gasteiger partial charge on any atom is 0.171 e. The molecule has 0 fully saturated rings. The summed E-state index contributed by atoms with van der Waals surface area (Å²) >= 11 is 0. The predicted octanol–water partition coefficient (Wildman–Crippen LogP) is 7.27. The molecule has 0 aromatic heterocycles. The molecule has 0 aliphatic carbocycles. The fourth-order valence-electron chi connectivity index (χ4n) is 4.47. The summed E-state index contributed by atoms with van der Waals surface area (Å²) in [5.41, 5.74) is 4.88. The van der Waals surface area contributed by atoms with Gasteiger partial charge in [-0.2, -0.15) is 0 Å². The minimum absolute atomic E-state index is 0.0396. The summed E-state index contributed by atoms with van der Waals surface area (Å²) < 4.78 is 48.5. The molecular formula is C26H20F3NO. The molecule has 0 amide bonds. The number of allylic oxidation sites excluding steroid dienone is 1. The average molecular weight is 419 g/mol. The van der Waals surface area contributed by atoms with Gasteiger partial charge in [-0.15, -0.1) is 0 Å². The van der Waals surface area contributed by atoms with Gasteiger partial charge in [-0.3, -0.25) is 0 Å². The minimum atomic E-state index is -0.782. The van der Waals surface area contributed by atoms with Crippen LogP contribution in [-0.4, -0.2) is 5.54 Å². The second kappa shape index (κ2) is 6.77. The van der Waals surface area contributed by atoms with Crippen LogP contribution in [0.25, 0.3) is 28.5 Å². The summed E-state index contributed by atoms with van der Waals surface area (Å²) in [6, 6.07) is 11.9. The number of hydrogen-bond acceptors (Lipinski definition) is 2. The summed E-state index contributed by atoms with van der Waals surface area (Å²) in [6.45, 7) is 6.14. The lowest BCUT2D eigenvalue weighted by molar-refractivity contribution is 0.460. The second-order valence-electron chi connectivity index (χ2n) is 8.51. The maximum absolute atomic E-state index is 14.6. The van der Waals surface area contributed by atoms with Crippen molar-refractivity contribution in [3.63, 3.8) is 0 Å². The van der Waals surface area contributed by atoms with Crippen molar-refractivity contribution in [2.75, 3.05) is 5.32 Å². The highest BCUT2D eigenvalue weighted by molar-refractivity contribution is 6.00. The predicted molar refractivity (Wildman–Crippen MR) is 118 cm³/mol. The molecule has 156 valence electrons. The Morgan fingerprint density at radius 1 is 0.903 bits per heavy atom. The van der Waals surface area contributed by atoms with Crippen molar-refractivity contribution in [1.82, 2.24) is 0 Å². The molecule has 0 atom stereocenters. The number of halogens is 3. The van der Waals surface area contributed by atoms with Crippen molar-refractivity contribution in [3.05, 3.63) is 88.7 Å². The third-order valence-corrected chi connectivity index (χ3v) is 5.54. The van der Waals surface area contributed by atoms with Crippen LogP contribution in [-0.2, 0) is 0 Å². The van der Waals surface area contributed by atoms with Crippen LogP contribution < -0.4 is 10.1 Å². The van der Waals surface area contributed by atoms with Crippen LogP contribution in [0, 0.1) is 17.5 Å². The van der Waals surface area contributed by atoms with Gasteiger partial charge in [-0.1, -0.05) is 24.3 Å². The van der Waals surface area contributed by atoms with Crippen molar-refractivity contribution in [1.29, 1.82) is 0 Å². The van der Waals surface area contributed by atoms with Gasteiger partial charge in [0, 0.05) is 28.4 Å². The minimum Gasteiger partial charge on any atom is -0.453 e. The van der Waals surface area contributed by atoms with Crippen molar-refractivity contribution in [3.8, 4) is 16.9 Å². The van der Waals surface area contributed by atoms with E-state index in [-0.39, 0.29) is 17.1 Å². The molecule has 1 N–H and O–H groups in total. The van der Waals surface area contributed by atoms with E-state index in [0.717, 1.165) is 28.5 Å². The number of ether oxygens (including phenoxy) is 1. The monoisotopic (exact) mass is 419 g/mol. The van der Waals surface area contributed by atoms with Crippen LogP contribution >= 0.6 is 0 Å². The number of anilines is 1. The quantitative estimate of drug-likeness (QED) is 0.448. The lowest BCUT2D eigenvalue weighted by Gasteiger charge is -2.35. The SMILES string of the molecule is CC1=CC(C)(C)Nc2ccc3c(c21)/C(=C/c1cccc(F)c1)Oc1c(F)cc(F)cc1-3. The highest BCUT2D eigenvalue weighted by atomic mass is 19.1. The summed E-state index contributed by atoms with van der Waals surface area (Å²) in [4.78, 5) is 0. The molecular weight excluding hydrogens is 399 g/mol. The van der Waals surface area contributed by atoms with E-state index in [4.69, 9.17) is 4.74 Å². The summed E-state index contributed by atoms with van der Waals surface area (Å²) in [5.74, 6) is -1.50. The Balaban J connectivity index is 1.83. The van der Waals surface area contributed by atoms with Crippen LogP contribution in [0.5, 0.6) is 5.75 Å². The summed E-state index contributed by atoms with van der Waals surface area (Å²) in [5, 5.41) is 3.49. The van der Waals surface area contributed by atoms with Gasteiger partial charge in [0.1, 0.15) is 17.4 Å². The third-order valence-electron chi connectivity index (χ3n) is 5.54. The molecule has 2 nitrogen and oxygen atoms in total. The van der Waals surface area contributed by atoms with E-state index < -0.39 is 11.6 Å². The Hall–Kier alpha value is -3.47. The highest BCUT2D eigenvalue weighted by Crippen LogP contribution is 2.50. The smallest absolute Gasteiger partial charge is 0.171 e. The fourth-order valence-corrected chi connectivity index (χ4v) is 4.47. The van der Waals surface area contributed by atoms with Gasteiger partial charge in [0.15, 0.2) is 11.6 Å². The first-order chi connectivity index (χ1) is 14.7. The van der Waals surface area contributed by atoms with Gasteiger partial charge in [0.05, 0.1) is 5.54 Å². The van der Waals surface area contributed by atoms with Crippen LogP contribution in [0.3, 0.4) is 0 Å². The van der Waals surface area contributed by atoms with Crippen molar-refractivity contribution >= 4 is 23.1 Å². The van der Waals surface area contributed by atoms with Crippen LogP contribution in [0.4, 0.5) is 18.9 Å². The molecule has 5 rings (SSSR count). The summed E-state index contributed by atoms with van der Waals surface area (Å²) in [7, 11) is 0. The zero-order valence-electron chi connectivity index (χ0n) is 17.3. The average Bonchev–Trinajstić information content (AvgIpc) is 2.67. The lowest BCUT2D eigenvalue weighted by Crippen LogP contribution is -2.32. The molecule has 0 radical (unpaired) electrons. The van der Waals surface area contributed by atoms with Gasteiger partial charge in [0.25, 0.3) is 0 Å². The first-order valence-electron chi connectivity index (χ1n) is 10.0. The molecule has 3 aromatic carbocycles. The molecule has 31 heavy (non-hydrogen) atoms. The largest absolute Gasteiger partial charge is 0.453 e. The molecule has 5 heteroatoms. The topological polar surface area (TPSA) is 21.3 Å². The Morgan fingerprint density at radius 3 is 2.48 bits per heavy atom. The first kappa shape index (κ1) is 19.5. The maximum atomic E-state index is 14.6. The van der Waals surface area contributed by atoms with Crippen molar-refractivity contribution in [2.45, 2.75) is 26.3 Å². The molecule has 0 bridgehead atoms. The highest BCUT2D eigenvalue weighted by Gasteiger charge is 2.32. The number of hydrogen-bond donors (Lipinski definition) is 1. The van der Waals surface area contributed by atoms with E-state index in [2.05, 4.69) is 25.2 Å². The fraction of sp³-hybridized carbons (Fsp3) is 0.154. The first-order valence-corrected chi connectivity index (χ1v) is 10.0. The van der Waals surface area contributed by atoms with Gasteiger partial charge in [-0.05, 0) is 67.8 Å². The molecule has 0 saturated heterocycles. The molecule has 3 aromatic rings. The summed E-state index contributed by atoms with van der Waals surface area (Å²) in [6.07, 6.45) is 3.79. The standard InChI is InChI=1S/C26H20F3NO/c1-14-13-26(2,3)30-21-8-7-18-19-11-17(28)12-20(29)25(19)31-22(24(18)23(14)21)10-15-5-4-6-16(27)9-15/h4-13,30H,1-3H3/b22-10-. The van der Waals surface area contributed by atoms with E-state index in [1.807, 2.05) is 19.1 Å². The molecule has 0 unspecified atom stereocenters. The molecule has 0 spiro atoms. The van der Waals surface area contributed by atoms with Gasteiger partial charge in [0.2, 0.25) is 0 Å². The molecule has 2 heterocycles. The molecule has 2 aliphatic heterocycles. The zero-order chi connectivity index (χ0) is 21.9. The number of fused-ring (bicyclic) bond motifs is 5. The van der Waals surface area contributed by atoms with Crippen molar-refractivity contribution < 1.29 is 17.9 Å². The zero-order valence-corrected chi connectivity index (χ0v) is 17.3. The second-order valence-corrected chi connectivity index (χ2v) is 8.51. The number of rotatable bonds is 1. The van der Waals surface area contributed by atoms with Crippen molar-refractivity contribution in [2.24, 2.45) is 0 Å². The van der Waals surface area contributed by atoms with Crippen LogP contribution in [0.15, 0.2) is 54.6 Å². The number of benzene rings is 3. The Bertz CT molecular complexity index is 1300. The van der Waals surface area contributed by atoms with E-state index in [0.29, 0.717) is 22.4 Å². The normalized spacial score (nSPS) is 17.1.